The number of carbonyl (C=O) groups excluding carboxylic acids is 1. The molecule has 1 heterocycles. The molecule has 0 spiro atoms. The van der Waals surface area contributed by atoms with Crippen molar-refractivity contribution in [2.45, 2.75) is 0 Å². The largest absolute Gasteiger partial charge is 0.422 e. The summed E-state index contributed by atoms with van der Waals surface area (Å²) in [5.41, 5.74) is 3.35. The quantitative estimate of drug-likeness (QED) is 0.217. The minimum absolute atomic E-state index is 0.164. The van der Waals surface area contributed by atoms with Gasteiger partial charge in [0.15, 0.2) is 5.69 Å². The Balaban J connectivity index is 1.73. The summed E-state index contributed by atoms with van der Waals surface area (Å²) in [6.45, 7) is 0. The molecule has 0 atom stereocenters. The fraction of sp³-hybridized carbons (Fsp3) is 0. The van der Waals surface area contributed by atoms with Crippen molar-refractivity contribution in [3.63, 3.8) is 0 Å². The first kappa shape index (κ1) is 18.3. The van der Waals surface area contributed by atoms with Crippen LogP contribution in [0.3, 0.4) is 0 Å². The van der Waals surface area contributed by atoms with Gasteiger partial charge in [-0.25, -0.2) is 9.78 Å². The van der Waals surface area contributed by atoms with Crippen molar-refractivity contribution < 1.29 is 9.53 Å². The third-order valence-corrected chi connectivity index (χ3v) is 4.82. The maximum Gasteiger partial charge on any atom is 0.363 e. The maximum atomic E-state index is 12.6. The predicted molar refractivity (Wildman–Crippen MR) is 117 cm³/mol. The molecule has 0 radical (unpaired) electrons. The lowest BCUT2D eigenvalue weighted by Crippen LogP contribution is -2.12. The summed E-state index contributed by atoms with van der Waals surface area (Å²) in [5.74, 6) is -0.0638. The Hall–Kier alpha value is -3.06. The molecule has 0 bridgehead atoms. The Bertz CT molecular complexity index is 1100. The lowest BCUT2D eigenvalue weighted by Gasteiger charge is -2.10. The Morgan fingerprint density at radius 2 is 1.32 bits per heavy atom. The molecule has 4 rings (SSSR count). The molecule has 4 nitrogen and oxygen atoms in total. The Labute approximate surface area is 176 Å². The lowest BCUT2D eigenvalue weighted by atomic mass is 10.0. The van der Waals surface area contributed by atoms with Crippen LogP contribution in [0.1, 0.15) is 10.5 Å². The van der Waals surface area contributed by atoms with Crippen molar-refractivity contribution in [3.8, 4) is 28.3 Å². The van der Waals surface area contributed by atoms with Gasteiger partial charge in [-0.1, -0.05) is 60.7 Å². The molecule has 0 saturated carbocycles. The van der Waals surface area contributed by atoms with Gasteiger partial charge in [0.25, 0.3) is 0 Å². The fourth-order valence-corrected chi connectivity index (χ4v) is 3.11. The Morgan fingerprint density at radius 3 is 1.93 bits per heavy atom. The molecule has 0 aliphatic rings. The number of ether oxygens (including phenoxy) is 1. The highest BCUT2D eigenvalue weighted by atomic mass is 127. The van der Waals surface area contributed by atoms with Gasteiger partial charge in [0.1, 0.15) is 5.75 Å². The second-order valence-electron chi connectivity index (χ2n) is 6.03. The van der Waals surface area contributed by atoms with Gasteiger partial charge in [0, 0.05) is 14.7 Å². The molecule has 0 fully saturated rings. The lowest BCUT2D eigenvalue weighted by molar-refractivity contribution is 0.0728. The summed E-state index contributed by atoms with van der Waals surface area (Å²) >= 11 is 2.20. The second kappa shape index (κ2) is 8.31. The number of esters is 1. The van der Waals surface area contributed by atoms with Gasteiger partial charge >= 0.3 is 5.97 Å². The fourth-order valence-electron chi connectivity index (χ4n) is 2.75. The van der Waals surface area contributed by atoms with E-state index < -0.39 is 5.97 Å². The number of aromatic nitrogens is 2. The summed E-state index contributed by atoms with van der Waals surface area (Å²) in [4.78, 5) is 21.7. The average molecular weight is 478 g/mol. The number of carbonyl (C=O) groups is 1. The summed E-state index contributed by atoms with van der Waals surface area (Å²) in [6, 6.07) is 26.8. The standard InChI is InChI=1S/C23H15IN2O2/c24-18-11-13-19(14-12-18)28-23(27)20-15-25-21(16-7-3-1-4-8-16)22(26-20)17-9-5-2-6-10-17/h1-15H. The topological polar surface area (TPSA) is 52.1 Å². The van der Waals surface area contributed by atoms with Gasteiger partial charge in [-0.3, -0.25) is 4.98 Å². The highest BCUT2D eigenvalue weighted by molar-refractivity contribution is 14.1. The van der Waals surface area contributed by atoms with Gasteiger partial charge in [-0.15, -0.1) is 0 Å². The maximum absolute atomic E-state index is 12.6. The van der Waals surface area contributed by atoms with Crippen molar-refractivity contribution in [2.75, 3.05) is 0 Å². The third kappa shape index (κ3) is 4.09. The van der Waals surface area contributed by atoms with Crippen LogP contribution in [-0.4, -0.2) is 15.9 Å². The summed E-state index contributed by atoms with van der Waals surface area (Å²) in [6.07, 6.45) is 1.46. The van der Waals surface area contributed by atoms with E-state index in [1.165, 1.54) is 6.20 Å². The highest BCUT2D eigenvalue weighted by Crippen LogP contribution is 2.29. The molecule has 0 aliphatic heterocycles. The first-order valence-corrected chi connectivity index (χ1v) is 9.74. The molecule has 0 amide bonds. The van der Waals surface area contributed by atoms with E-state index in [0.29, 0.717) is 11.4 Å². The molecule has 0 aliphatic carbocycles. The molecule has 3 aromatic carbocycles. The van der Waals surface area contributed by atoms with E-state index in [0.717, 1.165) is 20.4 Å². The van der Waals surface area contributed by atoms with Crippen molar-refractivity contribution in [1.29, 1.82) is 0 Å². The van der Waals surface area contributed by atoms with Crippen molar-refractivity contribution >= 4 is 28.6 Å². The van der Waals surface area contributed by atoms with Gasteiger partial charge in [0.2, 0.25) is 0 Å². The molecule has 5 heteroatoms. The summed E-state index contributed by atoms with van der Waals surface area (Å²) in [7, 11) is 0. The van der Waals surface area contributed by atoms with Crippen LogP contribution in [0.25, 0.3) is 22.5 Å². The van der Waals surface area contributed by atoms with E-state index >= 15 is 0 Å². The summed E-state index contributed by atoms with van der Waals surface area (Å²) in [5, 5.41) is 0. The third-order valence-electron chi connectivity index (χ3n) is 4.10. The molecule has 136 valence electrons. The molecule has 4 aromatic rings. The van der Waals surface area contributed by atoms with Gasteiger partial charge < -0.3 is 4.74 Å². The zero-order chi connectivity index (χ0) is 19.3. The van der Waals surface area contributed by atoms with Crippen LogP contribution in [0.15, 0.2) is 91.1 Å². The predicted octanol–water partition coefficient (Wildman–Crippen LogP) is 5.63. The van der Waals surface area contributed by atoms with Crippen LogP contribution in [-0.2, 0) is 0 Å². The first-order valence-electron chi connectivity index (χ1n) is 8.66. The average Bonchev–Trinajstić information content (AvgIpc) is 2.76. The van der Waals surface area contributed by atoms with Crippen LogP contribution in [0.2, 0.25) is 0 Å². The molecule has 0 N–H and O–H groups in total. The smallest absolute Gasteiger partial charge is 0.363 e. The Kier molecular flexibility index (Phi) is 5.43. The monoisotopic (exact) mass is 478 g/mol. The second-order valence-corrected chi connectivity index (χ2v) is 7.27. The van der Waals surface area contributed by atoms with Crippen LogP contribution in [0.5, 0.6) is 5.75 Å². The molecular weight excluding hydrogens is 463 g/mol. The number of halogens is 1. The molecule has 0 saturated heterocycles. The molecular formula is C23H15IN2O2. The SMILES string of the molecule is O=C(Oc1ccc(I)cc1)c1cnc(-c2ccccc2)c(-c2ccccc2)n1. The molecule has 28 heavy (non-hydrogen) atoms. The van der Waals surface area contributed by atoms with E-state index in [-0.39, 0.29) is 5.69 Å². The molecule has 1 aromatic heterocycles. The normalized spacial score (nSPS) is 10.5. The number of rotatable bonds is 4. The van der Waals surface area contributed by atoms with Crippen LogP contribution in [0, 0.1) is 3.57 Å². The highest BCUT2D eigenvalue weighted by Gasteiger charge is 2.17. The zero-order valence-electron chi connectivity index (χ0n) is 14.7. The number of hydrogen-bond donors (Lipinski definition) is 0. The van der Waals surface area contributed by atoms with E-state index in [2.05, 4.69) is 32.6 Å². The van der Waals surface area contributed by atoms with E-state index in [1.54, 1.807) is 12.1 Å². The van der Waals surface area contributed by atoms with Gasteiger partial charge in [0.05, 0.1) is 17.6 Å². The van der Waals surface area contributed by atoms with Crippen molar-refractivity contribution in [3.05, 3.63) is 100 Å². The van der Waals surface area contributed by atoms with E-state index in [1.807, 2.05) is 72.8 Å². The van der Waals surface area contributed by atoms with Crippen LogP contribution in [0.4, 0.5) is 0 Å². The number of benzene rings is 3. The Morgan fingerprint density at radius 1 is 0.750 bits per heavy atom. The van der Waals surface area contributed by atoms with E-state index in [4.69, 9.17) is 4.74 Å². The number of nitrogens with zero attached hydrogens (tertiary/aromatic N) is 2. The van der Waals surface area contributed by atoms with Gasteiger partial charge in [-0.2, -0.15) is 0 Å². The minimum atomic E-state index is -0.537. The first-order chi connectivity index (χ1) is 13.7. The molecule has 0 unspecified atom stereocenters. The van der Waals surface area contributed by atoms with Crippen LogP contribution >= 0.6 is 22.6 Å². The minimum Gasteiger partial charge on any atom is -0.422 e. The van der Waals surface area contributed by atoms with Crippen molar-refractivity contribution in [1.82, 2.24) is 9.97 Å². The van der Waals surface area contributed by atoms with Crippen molar-refractivity contribution in [2.24, 2.45) is 0 Å². The summed E-state index contributed by atoms with van der Waals surface area (Å²) < 4.78 is 6.51. The zero-order valence-corrected chi connectivity index (χ0v) is 16.9. The van der Waals surface area contributed by atoms with E-state index in [9.17, 15) is 4.79 Å². The number of hydrogen-bond acceptors (Lipinski definition) is 4. The van der Waals surface area contributed by atoms with Gasteiger partial charge in [-0.05, 0) is 46.9 Å². The van der Waals surface area contributed by atoms with Crippen LogP contribution < -0.4 is 4.74 Å².